The van der Waals surface area contributed by atoms with E-state index in [0.29, 0.717) is 0 Å². The first-order valence-corrected chi connectivity index (χ1v) is 6.53. The van der Waals surface area contributed by atoms with Crippen molar-refractivity contribution in [2.75, 3.05) is 34.5 Å². The first-order valence-electron chi connectivity index (χ1n) is 6.53. The Labute approximate surface area is 118 Å². The van der Waals surface area contributed by atoms with Gasteiger partial charge in [-0.05, 0) is 32.1 Å². The zero-order valence-electron chi connectivity index (χ0n) is 12.1. The molecule has 20 heavy (non-hydrogen) atoms. The third-order valence-electron chi connectivity index (χ3n) is 3.12. The van der Waals surface area contributed by atoms with Crippen molar-refractivity contribution < 1.29 is 14.3 Å². The highest BCUT2D eigenvalue weighted by Gasteiger charge is 2.14. The molecule has 0 unspecified atom stereocenters. The standard InChI is InChI=1S/C15H20N2O3/c1-16(2)9-8-12-10-17(15(18)20-11-19-3)14-7-5-4-6-13(12)14/h4-7,10H,8-9,11H2,1-3H3. The van der Waals surface area contributed by atoms with Gasteiger partial charge in [-0.2, -0.15) is 0 Å². The van der Waals surface area contributed by atoms with Crippen LogP contribution in [-0.4, -0.2) is 50.1 Å². The van der Waals surface area contributed by atoms with Gasteiger partial charge in [0.2, 0.25) is 0 Å². The van der Waals surface area contributed by atoms with Crippen LogP contribution < -0.4 is 0 Å². The number of ether oxygens (including phenoxy) is 2. The molecule has 0 radical (unpaired) electrons. The van der Waals surface area contributed by atoms with Gasteiger partial charge < -0.3 is 14.4 Å². The Balaban J connectivity index is 2.32. The molecule has 0 saturated carbocycles. The van der Waals surface area contributed by atoms with Crippen LogP contribution in [0.15, 0.2) is 30.5 Å². The van der Waals surface area contributed by atoms with Crippen molar-refractivity contribution in [2.24, 2.45) is 0 Å². The molecular weight excluding hydrogens is 256 g/mol. The minimum atomic E-state index is -0.417. The zero-order valence-corrected chi connectivity index (χ0v) is 12.1. The number of para-hydroxylation sites is 1. The van der Waals surface area contributed by atoms with Crippen LogP contribution in [0.4, 0.5) is 4.79 Å². The zero-order chi connectivity index (χ0) is 14.5. The Bertz CT molecular complexity index is 590. The lowest BCUT2D eigenvalue weighted by molar-refractivity contribution is 0.0129. The minimum absolute atomic E-state index is 0.0433. The van der Waals surface area contributed by atoms with Crippen LogP contribution in [0.2, 0.25) is 0 Å². The Hall–Kier alpha value is -1.85. The lowest BCUT2D eigenvalue weighted by atomic mass is 10.1. The molecule has 2 aromatic rings. The van der Waals surface area contributed by atoms with Gasteiger partial charge in [0.1, 0.15) is 0 Å². The van der Waals surface area contributed by atoms with E-state index in [0.717, 1.165) is 29.4 Å². The Morgan fingerprint density at radius 2 is 2.05 bits per heavy atom. The normalized spacial score (nSPS) is 11.2. The van der Waals surface area contributed by atoms with Crippen molar-refractivity contribution in [1.29, 1.82) is 0 Å². The van der Waals surface area contributed by atoms with Crippen molar-refractivity contribution in [1.82, 2.24) is 9.47 Å². The van der Waals surface area contributed by atoms with Gasteiger partial charge in [0, 0.05) is 25.2 Å². The van der Waals surface area contributed by atoms with Crippen LogP contribution in [0.3, 0.4) is 0 Å². The maximum atomic E-state index is 12.0. The highest BCUT2D eigenvalue weighted by Crippen LogP contribution is 2.22. The number of nitrogens with zero attached hydrogens (tertiary/aromatic N) is 2. The molecule has 0 aliphatic rings. The molecule has 0 fully saturated rings. The molecule has 1 aromatic carbocycles. The summed E-state index contributed by atoms with van der Waals surface area (Å²) in [6.45, 7) is 0.888. The second kappa shape index (κ2) is 6.54. The summed E-state index contributed by atoms with van der Waals surface area (Å²) in [5, 5.41) is 1.09. The summed E-state index contributed by atoms with van der Waals surface area (Å²) in [7, 11) is 5.56. The summed E-state index contributed by atoms with van der Waals surface area (Å²) in [4.78, 5) is 14.1. The predicted molar refractivity (Wildman–Crippen MR) is 78.0 cm³/mol. The number of aromatic nitrogens is 1. The second-order valence-electron chi connectivity index (χ2n) is 4.91. The number of hydrogen-bond acceptors (Lipinski definition) is 4. The fourth-order valence-electron chi connectivity index (χ4n) is 2.12. The van der Waals surface area contributed by atoms with Gasteiger partial charge in [-0.1, -0.05) is 18.2 Å². The molecule has 5 nitrogen and oxygen atoms in total. The van der Waals surface area contributed by atoms with Gasteiger partial charge in [-0.15, -0.1) is 0 Å². The maximum absolute atomic E-state index is 12.0. The van der Waals surface area contributed by atoms with E-state index in [1.807, 2.05) is 44.6 Å². The highest BCUT2D eigenvalue weighted by molar-refractivity contribution is 5.91. The number of carbonyl (C=O) groups excluding carboxylic acids is 1. The fraction of sp³-hybridized carbons (Fsp3) is 0.400. The summed E-state index contributed by atoms with van der Waals surface area (Å²) in [6.07, 6.45) is 2.32. The molecule has 0 spiro atoms. The van der Waals surface area contributed by atoms with Crippen molar-refractivity contribution in [2.45, 2.75) is 6.42 Å². The Morgan fingerprint density at radius 1 is 1.30 bits per heavy atom. The fourth-order valence-corrected chi connectivity index (χ4v) is 2.12. The van der Waals surface area contributed by atoms with Crippen LogP contribution >= 0.6 is 0 Å². The average Bonchev–Trinajstić information content (AvgIpc) is 2.81. The summed E-state index contributed by atoms with van der Waals surface area (Å²) >= 11 is 0. The van der Waals surface area contributed by atoms with Crippen molar-refractivity contribution in [3.05, 3.63) is 36.0 Å². The van der Waals surface area contributed by atoms with E-state index in [1.165, 1.54) is 7.11 Å². The quantitative estimate of drug-likeness (QED) is 0.786. The van der Waals surface area contributed by atoms with Crippen molar-refractivity contribution in [3.63, 3.8) is 0 Å². The Kier molecular flexibility index (Phi) is 4.76. The molecule has 0 aliphatic heterocycles. The van der Waals surface area contributed by atoms with Gasteiger partial charge in [-0.25, -0.2) is 4.79 Å². The van der Waals surface area contributed by atoms with E-state index in [4.69, 9.17) is 9.47 Å². The number of rotatable bonds is 5. The number of likely N-dealkylation sites (N-methyl/N-ethyl adjacent to an activating group) is 1. The third-order valence-corrected chi connectivity index (χ3v) is 3.12. The first-order chi connectivity index (χ1) is 9.63. The van der Waals surface area contributed by atoms with Gasteiger partial charge >= 0.3 is 6.09 Å². The predicted octanol–water partition coefficient (Wildman–Crippen LogP) is 2.33. The van der Waals surface area contributed by atoms with Crippen molar-refractivity contribution in [3.8, 4) is 0 Å². The van der Waals surface area contributed by atoms with E-state index in [9.17, 15) is 4.79 Å². The van der Waals surface area contributed by atoms with E-state index in [2.05, 4.69) is 4.90 Å². The molecule has 1 aromatic heterocycles. The van der Waals surface area contributed by atoms with E-state index in [-0.39, 0.29) is 6.79 Å². The van der Waals surface area contributed by atoms with Gasteiger partial charge in [0.05, 0.1) is 5.52 Å². The Morgan fingerprint density at radius 3 is 2.75 bits per heavy atom. The lowest BCUT2D eigenvalue weighted by Gasteiger charge is -2.07. The molecule has 0 aliphatic carbocycles. The number of carbonyl (C=O) groups is 1. The van der Waals surface area contributed by atoms with Crippen LogP contribution in [0.5, 0.6) is 0 Å². The minimum Gasteiger partial charge on any atom is -0.422 e. The first kappa shape index (κ1) is 14.6. The molecule has 5 heteroatoms. The van der Waals surface area contributed by atoms with E-state index >= 15 is 0 Å². The molecule has 2 rings (SSSR count). The molecule has 0 saturated heterocycles. The van der Waals surface area contributed by atoms with Crippen LogP contribution in [-0.2, 0) is 15.9 Å². The van der Waals surface area contributed by atoms with Crippen LogP contribution in [0.1, 0.15) is 5.56 Å². The van der Waals surface area contributed by atoms with E-state index < -0.39 is 6.09 Å². The van der Waals surface area contributed by atoms with Gasteiger partial charge in [0.25, 0.3) is 0 Å². The molecular formula is C15H20N2O3. The topological polar surface area (TPSA) is 43.7 Å². The summed E-state index contributed by atoms with van der Waals surface area (Å²) in [5.74, 6) is 0. The molecule has 0 N–H and O–H groups in total. The van der Waals surface area contributed by atoms with Crippen LogP contribution in [0, 0.1) is 0 Å². The highest BCUT2D eigenvalue weighted by atomic mass is 16.7. The lowest BCUT2D eigenvalue weighted by Crippen LogP contribution is -2.15. The van der Waals surface area contributed by atoms with Crippen molar-refractivity contribution >= 4 is 17.0 Å². The van der Waals surface area contributed by atoms with Gasteiger partial charge in [-0.3, -0.25) is 4.57 Å². The SMILES string of the molecule is COCOC(=O)n1cc(CCN(C)C)c2ccccc21. The molecule has 1 heterocycles. The summed E-state index contributed by atoms with van der Waals surface area (Å²) in [5.41, 5.74) is 2.01. The van der Waals surface area contributed by atoms with E-state index in [1.54, 1.807) is 4.57 Å². The third kappa shape index (κ3) is 3.18. The number of fused-ring (bicyclic) bond motifs is 1. The summed E-state index contributed by atoms with van der Waals surface area (Å²) < 4.78 is 11.3. The number of methoxy groups -OCH3 is 1. The average molecular weight is 276 g/mol. The smallest absolute Gasteiger partial charge is 0.420 e. The molecule has 0 bridgehead atoms. The molecule has 108 valence electrons. The second-order valence-corrected chi connectivity index (χ2v) is 4.91. The van der Waals surface area contributed by atoms with Gasteiger partial charge in [0.15, 0.2) is 6.79 Å². The monoisotopic (exact) mass is 276 g/mol. The maximum Gasteiger partial charge on any atom is 0.420 e. The molecule has 0 atom stereocenters. The largest absolute Gasteiger partial charge is 0.422 e. The van der Waals surface area contributed by atoms with Crippen LogP contribution in [0.25, 0.3) is 10.9 Å². The number of hydrogen-bond donors (Lipinski definition) is 0. The summed E-state index contributed by atoms with van der Waals surface area (Å²) in [6, 6.07) is 7.84. The molecule has 0 amide bonds. The number of benzene rings is 1.